The molecule has 0 amide bonds. The van der Waals surface area contributed by atoms with E-state index in [1.807, 2.05) is 12.1 Å². The van der Waals surface area contributed by atoms with Crippen LogP contribution in [0.1, 0.15) is 30.7 Å². The van der Waals surface area contributed by atoms with Crippen molar-refractivity contribution in [3.8, 4) is 12.1 Å². The minimum Gasteiger partial charge on any atom is -0.198 e. The van der Waals surface area contributed by atoms with Crippen LogP contribution in [-0.4, -0.2) is 0 Å². The van der Waals surface area contributed by atoms with E-state index in [2.05, 4.69) is 0 Å². The second-order valence-electron chi connectivity index (χ2n) is 2.18. The summed E-state index contributed by atoms with van der Waals surface area (Å²) in [6, 6.07) is 3.66. The zero-order valence-electron chi connectivity index (χ0n) is 8.31. The van der Waals surface area contributed by atoms with Gasteiger partial charge in [-0.25, -0.2) is 0 Å². The van der Waals surface area contributed by atoms with E-state index < -0.39 is 12.3 Å². The number of nitriles is 2. The van der Waals surface area contributed by atoms with E-state index in [0.717, 1.165) is 0 Å². The second kappa shape index (κ2) is 3.10. The monoisotopic (exact) mass is 125 g/mol. The van der Waals surface area contributed by atoms with Crippen molar-refractivity contribution in [3.05, 3.63) is 0 Å². The molecule has 0 bridgehead atoms. The number of hydrogen-bond acceptors (Lipinski definition) is 2. The number of hydrogen-bond donors (Lipinski definition) is 0. The van der Waals surface area contributed by atoms with Crippen molar-refractivity contribution >= 4 is 0 Å². The quantitative estimate of drug-likeness (QED) is 0.565. The predicted octanol–water partition coefficient (Wildman–Crippen LogP) is 1.84. The Morgan fingerprint density at radius 3 is 2.67 bits per heavy atom. The lowest BCUT2D eigenvalue weighted by Gasteiger charge is -2.12. The van der Waals surface area contributed by atoms with E-state index in [9.17, 15) is 0 Å². The Bertz CT molecular complexity index is 233. The first-order valence-corrected chi connectivity index (χ1v) is 2.61. The Kier molecular flexibility index (Phi) is 1.34. The Hall–Kier alpha value is -1.02. The van der Waals surface area contributed by atoms with E-state index in [1.165, 1.54) is 6.92 Å². The molecular weight excluding hydrogens is 112 g/mol. The average Bonchev–Trinajstić information content (AvgIpc) is 1.84. The molecule has 0 fully saturated rings. The summed E-state index contributed by atoms with van der Waals surface area (Å²) in [5.41, 5.74) is -1.04. The molecular formula is C7H10N2. The predicted molar refractivity (Wildman–Crippen MR) is 34.2 cm³/mol. The van der Waals surface area contributed by atoms with Gasteiger partial charge in [-0.15, -0.1) is 0 Å². The third-order valence-electron chi connectivity index (χ3n) is 1.13. The summed E-state index contributed by atoms with van der Waals surface area (Å²) < 4.78 is 20.8. The molecule has 2 heteroatoms. The third kappa shape index (κ3) is 2.15. The lowest BCUT2D eigenvalue weighted by atomic mass is 9.87. The molecule has 0 aliphatic rings. The van der Waals surface area contributed by atoms with E-state index in [0.29, 0.717) is 0 Å². The molecule has 2 nitrogen and oxygen atoms in total. The molecule has 0 N–H and O–H groups in total. The zero-order chi connectivity index (χ0) is 9.83. The normalized spacial score (nSPS) is 21.4. The van der Waals surface area contributed by atoms with Crippen molar-refractivity contribution in [2.24, 2.45) is 5.41 Å². The maximum Gasteiger partial charge on any atom is 0.0697 e. The highest BCUT2D eigenvalue weighted by Gasteiger charge is 2.19. The van der Waals surface area contributed by atoms with Gasteiger partial charge in [-0.05, 0) is 13.3 Å². The van der Waals surface area contributed by atoms with Crippen LogP contribution < -0.4 is 0 Å². The molecule has 0 aromatic rings. The highest BCUT2D eigenvalue weighted by Crippen LogP contribution is 2.22. The van der Waals surface area contributed by atoms with Crippen LogP contribution in [-0.2, 0) is 0 Å². The molecule has 9 heavy (non-hydrogen) atoms. The fourth-order valence-electron chi connectivity index (χ4n) is 0.316. The lowest BCUT2D eigenvalue weighted by molar-refractivity contribution is 0.436. The van der Waals surface area contributed by atoms with Crippen LogP contribution in [0, 0.1) is 28.1 Å². The fraction of sp³-hybridized carbons (Fsp3) is 0.714. The van der Waals surface area contributed by atoms with Gasteiger partial charge in [0.15, 0.2) is 0 Å². The first-order chi connectivity index (χ1) is 5.33. The summed E-state index contributed by atoms with van der Waals surface area (Å²) in [4.78, 5) is 0. The van der Waals surface area contributed by atoms with Gasteiger partial charge in [0.25, 0.3) is 0 Å². The van der Waals surface area contributed by atoms with E-state index >= 15 is 0 Å². The van der Waals surface area contributed by atoms with Gasteiger partial charge in [0.1, 0.15) is 0 Å². The maximum absolute atomic E-state index is 8.63. The first-order valence-electron chi connectivity index (χ1n) is 4.11. The largest absolute Gasteiger partial charge is 0.198 e. The van der Waals surface area contributed by atoms with Crippen molar-refractivity contribution in [1.82, 2.24) is 0 Å². The van der Waals surface area contributed by atoms with Gasteiger partial charge in [0.2, 0.25) is 0 Å². The van der Waals surface area contributed by atoms with Crippen molar-refractivity contribution in [2.75, 3.05) is 0 Å². The molecule has 0 aromatic carbocycles. The summed E-state index contributed by atoms with van der Waals surface area (Å²) in [5.74, 6) is 0. The minimum absolute atomic E-state index is 0.0398. The molecule has 0 aliphatic heterocycles. The van der Waals surface area contributed by atoms with Crippen LogP contribution in [0.15, 0.2) is 0 Å². The molecule has 48 valence electrons. The van der Waals surface area contributed by atoms with Gasteiger partial charge in [0, 0.05) is 4.11 Å². The molecule has 1 unspecified atom stereocenters. The summed E-state index contributed by atoms with van der Waals surface area (Å²) in [7, 11) is 0. The maximum atomic E-state index is 8.63. The minimum atomic E-state index is -2.14. The Morgan fingerprint density at radius 2 is 2.33 bits per heavy atom. The van der Waals surface area contributed by atoms with Crippen LogP contribution in [0.3, 0.4) is 0 Å². The molecule has 1 atom stereocenters. The average molecular weight is 125 g/mol. The smallest absolute Gasteiger partial charge is 0.0697 e. The molecule has 0 spiro atoms. The third-order valence-corrected chi connectivity index (χ3v) is 1.13. The van der Waals surface area contributed by atoms with Crippen molar-refractivity contribution in [2.45, 2.75) is 26.6 Å². The summed E-state index contributed by atoms with van der Waals surface area (Å²) >= 11 is 0. The lowest BCUT2D eigenvalue weighted by Crippen LogP contribution is -2.10. The molecule has 0 heterocycles. The van der Waals surface area contributed by atoms with Crippen molar-refractivity contribution < 1.29 is 4.11 Å². The van der Waals surface area contributed by atoms with E-state index in [4.69, 9.17) is 14.6 Å². The fourth-order valence-corrected chi connectivity index (χ4v) is 0.316. The molecule has 0 rings (SSSR count). The molecule has 0 saturated heterocycles. The van der Waals surface area contributed by atoms with Crippen LogP contribution >= 0.6 is 0 Å². The summed E-state index contributed by atoms with van der Waals surface area (Å²) in [6.45, 7) is -0.649. The van der Waals surface area contributed by atoms with Crippen molar-refractivity contribution in [3.63, 3.8) is 0 Å². The van der Waals surface area contributed by atoms with Gasteiger partial charge >= 0.3 is 0 Å². The van der Waals surface area contributed by atoms with Gasteiger partial charge in [-0.3, -0.25) is 0 Å². The number of rotatable bonds is 2. The van der Waals surface area contributed by atoms with Crippen molar-refractivity contribution in [1.29, 1.82) is 10.5 Å². The highest BCUT2D eigenvalue weighted by atomic mass is 14.3. The standard InChI is InChI=1S/C7H10N2/c1-3-7(2,6-9)4-5-8/h3-4H2,1-2H3/i1D3. The molecule has 0 radical (unpaired) electrons. The first kappa shape index (κ1) is 3.90. The van der Waals surface area contributed by atoms with Gasteiger partial charge in [-0.2, -0.15) is 10.5 Å². The zero-order valence-corrected chi connectivity index (χ0v) is 5.31. The number of nitrogens with zero attached hydrogens (tertiary/aromatic N) is 2. The van der Waals surface area contributed by atoms with Gasteiger partial charge in [0.05, 0.1) is 24.0 Å². The van der Waals surface area contributed by atoms with Crippen LogP contribution in [0.25, 0.3) is 0 Å². The summed E-state index contributed by atoms with van der Waals surface area (Å²) in [5, 5.41) is 17.0. The van der Waals surface area contributed by atoms with E-state index in [-0.39, 0.29) is 12.8 Å². The summed E-state index contributed by atoms with van der Waals surface area (Å²) in [6.07, 6.45) is -0.272. The highest BCUT2D eigenvalue weighted by molar-refractivity contribution is 4.99. The molecule has 0 saturated carbocycles. The van der Waals surface area contributed by atoms with Crippen LogP contribution in [0.5, 0.6) is 0 Å². The topological polar surface area (TPSA) is 47.6 Å². The molecule has 0 aliphatic carbocycles. The second-order valence-corrected chi connectivity index (χ2v) is 2.18. The SMILES string of the molecule is [2H]C([2H])([2H])CC(C)(C#N)CC#N. The van der Waals surface area contributed by atoms with Gasteiger partial charge in [-0.1, -0.05) is 6.85 Å². The van der Waals surface area contributed by atoms with Gasteiger partial charge < -0.3 is 0 Å². The molecule has 0 aromatic heterocycles. The van der Waals surface area contributed by atoms with Crippen LogP contribution in [0.4, 0.5) is 0 Å². The Morgan fingerprint density at radius 1 is 1.67 bits per heavy atom. The van der Waals surface area contributed by atoms with E-state index in [1.54, 1.807) is 0 Å². The van der Waals surface area contributed by atoms with Crippen LogP contribution in [0.2, 0.25) is 0 Å². The Balaban J connectivity index is 4.40. The Labute approximate surface area is 59.9 Å².